The fraction of sp³-hybridized carbons (Fsp3) is 0.417. The lowest BCUT2D eigenvalue weighted by atomic mass is 10.1. The van der Waals surface area contributed by atoms with Crippen LogP contribution in [0.4, 0.5) is 0 Å². The summed E-state index contributed by atoms with van der Waals surface area (Å²) in [5.74, 6) is 0. The van der Waals surface area contributed by atoms with Gasteiger partial charge in [0.25, 0.3) is 6.17 Å². The number of hydroxylamine groups is 1. The van der Waals surface area contributed by atoms with E-state index in [9.17, 15) is 5.21 Å². The molecule has 2 rings (SSSR count). The molecule has 2 heterocycles. The Balaban J connectivity index is 2.31. The molecule has 0 radical (unpaired) electrons. The third-order valence-corrected chi connectivity index (χ3v) is 4.57. The lowest BCUT2D eigenvalue weighted by molar-refractivity contribution is -0.522. The first kappa shape index (κ1) is 13.3. The van der Waals surface area contributed by atoms with Gasteiger partial charge in [-0.1, -0.05) is 24.0 Å². The maximum Gasteiger partial charge on any atom is 0.254 e. The number of nitrogens with zero attached hydrogens (tertiary/aromatic N) is 3. The molecular weight excluding hydrogens is 266 g/mol. The molecule has 18 heavy (non-hydrogen) atoms. The predicted molar refractivity (Wildman–Crippen MR) is 78.8 cm³/mol. The molecular formula is C12H15N3OS2. The van der Waals surface area contributed by atoms with E-state index in [1.165, 1.54) is 0 Å². The minimum absolute atomic E-state index is 0.230. The van der Waals surface area contributed by atoms with Crippen molar-refractivity contribution in [2.75, 3.05) is 7.05 Å². The van der Waals surface area contributed by atoms with Crippen molar-refractivity contribution < 1.29 is 4.74 Å². The van der Waals surface area contributed by atoms with Crippen LogP contribution in [0.3, 0.4) is 0 Å². The maximum atomic E-state index is 12.3. The van der Waals surface area contributed by atoms with Crippen LogP contribution in [-0.4, -0.2) is 43.1 Å². The van der Waals surface area contributed by atoms with Crippen LogP contribution in [-0.2, 0) is 0 Å². The summed E-state index contributed by atoms with van der Waals surface area (Å²) in [7, 11) is 1.86. The van der Waals surface area contributed by atoms with Gasteiger partial charge in [-0.15, -0.1) is 0 Å². The van der Waals surface area contributed by atoms with Crippen molar-refractivity contribution in [1.29, 1.82) is 0 Å². The number of pyridine rings is 1. The second kappa shape index (κ2) is 4.85. The van der Waals surface area contributed by atoms with Gasteiger partial charge in [0.15, 0.2) is 6.21 Å². The summed E-state index contributed by atoms with van der Waals surface area (Å²) in [5.41, 5.74) is 0.791. The Morgan fingerprint density at radius 3 is 2.83 bits per heavy atom. The maximum absolute atomic E-state index is 12.3. The second-order valence-electron chi connectivity index (χ2n) is 4.73. The highest BCUT2D eigenvalue weighted by Gasteiger charge is 2.48. The minimum atomic E-state index is -0.296. The van der Waals surface area contributed by atoms with Crippen molar-refractivity contribution in [2.45, 2.75) is 24.8 Å². The predicted octanol–water partition coefficient (Wildman–Crippen LogP) is 2.08. The molecule has 1 saturated heterocycles. The number of hydrogen-bond acceptors (Lipinski definition) is 4. The number of aromatic nitrogens is 1. The zero-order valence-electron chi connectivity index (χ0n) is 10.5. The van der Waals surface area contributed by atoms with Crippen molar-refractivity contribution in [3.8, 4) is 0 Å². The number of thiocarbonyl (C=S) groups is 1. The van der Waals surface area contributed by atoms with Crippen LogP contribution in [0, 0.1) is 5.21 Å². The number of hydrogen-bond donors (Lipinski definition) is 0. The van der Waals surface area contributed by atoms with Crippen LogP contribution in [0.2, 0.25) is 0 Å². The average molecular weight is 281 g/mol. The molecule has 0 saturated carbocycles. The fourth-order valence-corrected chi connectivity index (χ4v) is 3.87. The van der Waals surface area contributed by atoms with Crippen molar-refractivity contribution in [3.63, 3.8) is 0 Å². The van der Waals surface area contributed by atoms with E-state index in [4.69, 9.17) is 12.2 Å². The van der Waals surface area contributed by atoms with Crippen LogP contribution in [0.5, 0.6) is 0 Å². The highest BCUT2D eigenvalue weighted by Crippen LogP contribution is 2.40. The SMILES string of the molecule is CN1C(=S)SC(C)(C)[C@H]1[N+]([O-])=Cc1cccnc1. The lowest BCUT2D eigenvalue weighted by Crippen LogP contribution is -2.46. The van der Waals surface area contributed by atoms with Crippen LogP contribution in [0.1, 0.15) is 19.4 Å². The van der Waals surface area contributed by atoms with E-state index in [-0.39, 0.29) is 10.9 Å². The first-order valence-corrected chi connectivity index (χ1v) is 6.80. The van der Waals surface area contributed by atoms with Gasteiger partial charge in [-0.25, -0.2) is 0 Å². The van der Waals surface area contributed by atoms with Gasteiger partial charge in [-0.05, 0) is 26.0 Å². The molecule has 0 amide bonds. The van der Waals surface area contributed by atoms with Gasteiger partial charge < -0.3 is 10.1 Å². The van der Waals surface area contributed by atoms with E-state index in [2.05, 4.69) is 4.98 Å². The molecule has 0 spiro atoms. The molecule has 6 heteroatoms. The molecule has 96 valence electrons. The monoisotopic (exact) mass is 281 g/mol. The summed E-state index contributed by atoms with van der Waals surface area (Å²) in [6, 6.07) is 3.66. The Bertz CT molecular complexity index is 487. The molecule has 0 N–H and O–H groups in total. The van der Waals surface area contributed by atoms with E-state index < -0.39 is 0 Å². The molecule has 1 fully saturated rings. The second-order valence-corrected chi connectivity index (χ2v) is 7.02. The van der Waals surface area contributed by atoms with Crippen LogP contribution < -0.4 is 0 Å². The lowest BCUT2D eigenvalue weighted by Gasteiger charge is -2.27. The Labute approximate surface area is 116 Å². The zero-order valence-corrected chi connectivity index (χ0v) is 12.2. The van der Waals surface area contributed by atoms with Crippen molar-refractivity contribution in [3.05, 3.63) is 35.3 Å². The zero-order chi connectivity index (χ0) is 13.3. The van der Waals surface area contributed by atoms with Gasteiger partial charge in [0.05, 0.1) is 5.56 Å². The molecule has 1 aromatic heterocycles. The first-order chi connectivity index (χ1) is 8.42. The largest absolute Gasteiger partial charge is 0.622 e. The van der Waals surface area contributed by atoms with Crippen molar-refractivity contribution >= 4 is 34.5 Å². The van der Waals surface area contributed by atoms with Gasteiger partial charge in [0.2, 0.25) is 0 Å². The Morgan fingerprint density at radius 1 is 1.61 bits per heavy atom. The summed E-state index contributed by atoms with van der Waals surface area (Å²) in [6.45, 7) is 4.06. The standard InChI is InChI=1S/C12H15N3OS2/c1-12(2)10(14(3)11(17)18-12)15(16)8-9-5-4-6-13-7-9/h4-8,10H,1-3H3/t10-/m1/s1. The summed E-state index contributed by atoms with van der Waals surface area (Å²) in [5, 5.41) is 12.3. The van der Waals surface area contributed by atoms with Gasteiger partial charge in [-0.2, -0.15) is 4.74 Å². The number of thioether (sulfide) groups is 1. The van der Waals surface area contributed by atoms with Crippen molar-refractivity contribution in [2.24, 2.45) is 0 Å². The van der Waals surface area contributed by atoms with Crippen LogP contribution in [0.15, 0.2) is 24.5 Å². The molecule has 1 atom stereocenters. The molecule has 0 bridgehead atoms. The van der Waals surface area contributed by atoms with E-state index in [1.807, 2.05) is 37.9 Å². The average Bonchev–Trinajstić information content (AvgIpc) is 2.49. The molecule has 0 aromatic carbocycles. The molecule has 1 aliphatic heterocycles. The quantitative estimate of drug-likeness (QED) is 0.273. The normalized spacial score (nSPS) is 23.5. The smallest absolute Gasteiger partial charge is 0.254 e. The molecule has 1 aliphatic rings. The first-order valence-electron chi connectivity index (χ1n) is 5.58. The minimum Gasteiger partial charge on any atom is -0.622 e. The molecule has 0 aliphatic carbocycles. The Kier molecular flexibility index (Phi) is 3.59. The van der Waals surface area contributed by atoms with Crippen LogP contribution in [0.25, 0.3) is 0 Å². The summed E-state index contributed by atoms with van der Waals surface area (Å²) in [4.78, 5) is 5.84. The third-order valence-electron chi connectivity index (χ3n) is 2.83. The van der Waals surface area contributed by atoms with E-state index in [1.54, 1.807) is 30.4 Å². The van der Waals surface area contributed by atoms with Gasteiger partial charge in [-0.3, -0.25) is 4.98 Å². The molecule has 1 aromatic rings. The van der Waals surface area contributed by atoms with E-state index in [0.717, 1.165) is 14.6 Å². The van der Waals surface area contributed by atoms with Gasteiger partial charge in [0, 0.05) is 19.4 Å². The Hall–Kier alpha value is -1.14. The molecule has 4 nitrogen and oxygen atoms in total. The third kappa shape index (κ3) is 2.49. The fourth-order valence-electron chi connectivity index (χ4n) is 2.06. The van der Waals surface area contributed by atoms with Crippen LogP contribution >= 0.6 is 24.0 Å². The summed E-state index contributed by atoms with van der Waals surface area (Å²) in [6.07, 6.45) is 4.61. The highest BCUT2D eigenvalue weighted by molar-refractivity contribution is 8.24. The van der Waals surface area contributed by atoms with Gasteiger partial charge >= 0.3 is 0 Å². The van der Waals surface area contributed by atoms with E-state index >= 15 is 0 Å². The van der Waals surface area contributed by atoms with E-state index in [0.29, 0.717) is 0 Å². The highest BCUT2D eigenvalue weighted by atomic mass is 32.2. The molecule has 0 unspecified atom stereocenters. The van der Waals surface area contributed by atoms with Crippen molar-refractivity contribution in [1.82, 2.24) is 9.88 Å². The summed E-state index contributed by atoms with van der Waals surface area (Å²) < 4.78 is 1.49. The summed E-state index contributed by atoms with van der Waals surface area (Å²) >= 11 is 6.81. The van der Waals surface area contributed by atoms with Gasteiger partial charge in [0.1, 0.15) is 9.07 Å². The number of rotatable bonds is 2. The topological polar surface area (TPSA) is 42.2 Å². The Morgan fingerprint density at radius 2 is 2.33 bits per heavy atom.